The minimum Gasteiger partial charge on any atom is -0.486 e. The Bertz CT molecular complexity index is 866. The summed E-state index contributed by atoms with van der Waals surface area (Å²) < 4.78 is 11.8. The van der Waals surface area contributed by atoms with Gasteiger partial charge in [-0.05, 0) is 56.5 Å². The van der Waals surface area contributed by atoms with Gasteiger partial charge in [-0.2, -0.15) is 0 Å². The van der Waals surface area contributed by atoms with Gasteiger partial charge in [-0.1, -0.05) is 46.8 Å². The largest absolute Gasteiger partial charge is 0.486 e. The summed E-state index contributed by atoms with van der Waals surface area (Å²) in [6, 6.07) is 11.6. The lowest BCUT2D eigenvalue weighted by Gasteiger charge is -2.30. The van der Waals surface area contributed by atoms with E-state index >= 15 is 0 Å². The molecule has 0 bridgehead atoms. The number of carbonyl (C=O) groups excluding carboxylic acids is 2. The number of ether oxygens (including phenoxy) is 1. The van der Waals surface area contributed by atoms with Crippen molar-refractivity contribution in [2.75, 3.05) is 19.7 Å². The summed E-state index contributed by atoms with van der Waals surface area (Å²) >= 11 is 0. The molecule has 0 spiro atoms. The first-order valence-electron chi connectivity index (χ1n) is 11.3. The van der Waals surface area contributed by atoms with Crippen LogP contribution in [0.3, 0.4) is 0 Å². The molecule has 1 heterocycles. The highest BCUT2D eigenvalue weighted by Crippen LogP contribution is 2.40. The van der Waals surface area contributed by atoms with Crippen molar-refractivity contribution in [3.05, 3.63) is 53.5 Å². The van der Waals surface area contributed by atoms with Crippen LogP contribution in [0.5, 0.6) is 5.75 Å². The van der Waals surface area contributed by atoms with Crippen LogP contribution < -0.4 is 4.74 Å². The minimum absolute atomic E-state index is 0.0601. The Hall–Kier alpha value is -2.56. The third kappa shape index (κ3) is 5.38. The van der Waals surface area contributed by atoms with Gasteiger partial charge in [0.15, 0.2) is 11.5 Å². The highest BCUT2D eigenvalue weighted by molar-refractivity contribution is 5.91. The van der Waals surface area contributed by atoms with E-state index in [0.717, 1.165) is 24.2 Å². The molecule has 1 aromatic heterocycles. The van der Waals surface area contributed by atoms with E-state index in [1.54, 1.807) is 11.0 Å². The lowest BCUT2D eigenvalue weighted by atomic mass is 9.74. The molecule has 31 heavy (non-hydrogen) atoms. The fourth-order valence-electron chi connectivity index (χ4n) is 3.76. The molecule has 0 saturated heterocycles. The first-order chi connectivity index (χ1) is 14.6. The number of amides is 1. The van der Waals surface area contributed by atoms with Gasteiger partial charge in [-0.25, -0.2) is 0 Å². The fraction of sp³-hybridized carbons (Fsp3) is 0.538. The lowest BCUT2D eigenvalue weighted by molar-refractivity contribution is -0.128. The molecule has 0 saturated carbocycles. The number of nitrogens with zero attached hydrogens (tertiary/aromatic N) is 1. The highest BCUT2D eigenvalue weighted by Gasteiger charge is 2.35. The molecule has 2 rings (SSSR count). The SMILES string of the molecule is CCN(CC)C(=O)c1ccc(C(CC)(CC)c2ccc(OCC(=O)C(C)(C)C)cc2)o1. The molecule has 170 valence electrons. The monoisotopic (exact) mass is 427 g/mol. The van der Waals surface area contributed by atoms with Crippen molar-refractivity contribution in [3.63, 3.8) is 0 Å². The summed E-state index contributed by atoms with van der Waals surface area (Å²) in [6.07, 6.45) is 1.66. The van der Waals surface area contributed by atoms with E-state index in [1.165, 1.54) is 0 Å². The first kappa shape index (κ1) is 24.7. The van der Waals surface area contributed by atoms with E-state index in [0.29, 0.717) is 24.6 Å². The van der Waals surface area contributed by atoms with E-state index in [-0.39, 0.29) is 23.7 Å². The number of furan rings is 1. The van der Waals surface area contributed by atoms with Crippen molar-refractivity contribution in [3.8, 4) is 5.75 Å². The number of Topliss-reactive ketones (excluding diaryl/α,β-unsaturated/α-hetero) is 1. The van der Waals surface area contributed by atoms with Crippen LogP contribution in [0.1, 0.15) is 83.2 Å². The molecule has 0 aliphatic heterocycles. The van der Waals surface area contributed by atoms with Crippen molar-refractivity contribution in [2.45, 2.75) is 66.7 Å². The van der Waals surface area contributed by atoms with Gasteiger partial charge in [0.2, 0.25) is 0 Å². The lowest BCUT2D eigenvalue weighted by Crippen LogP contribution is -2.30. The predicted octanol–water partition coefficient (Wildman–Crippen LogP) is 5.86. The number of ketones is 1. The van der Waals surface area contributed by atoms with Gasteiger partial charge < -0.3 is 14.1 Å². The van der Waals surface area contributed by atoms with Crippen LogP contribution in [0, 0.1) is 5.41 Å². The van der Waals surface area contributed by atoms with Crippen molar-refractivity contribution in [1.29, 1.82) is 0 Å². The predicted molar refractivity (Wildman–Crippen MR) is 124 cm³/mol. The Kier molecular flexibility index (Phi) is 8.10. The zero-order valence-electron chi connectivity index (χ0n) is 20.1. The molecule has 0 atom stereocenters. The first-order valence-corrected chi connectivity index (χ1v) is 11.3. The van der Waals surface area contributed by atoms with Gasteiger partial charge in [-0.3, -0.25) is 9.59 Å². The summed E-state index contributed by atoms with van der Waals surface area (Å²) in [4.78, 5) is 26.6. The van der Waals surface area contributed by atoms with E-state index in [9.17, 15) is 9.59 Å². The number of carbonyl (C=O) groups is 2. The van der Waals surface area contributed by atoms with Crippen LogP contribution in [0.15, 0.2) is 40.8 Å². The number of benzene rings is 1. The molecular weight excluding hydrogens is 390 g/mol. The summed E-state index contributed by atoms with van der Waals surface area (Å²) in [5, 5.41) is 0. The molecule has 1 aromatic carbocycles. The summed E-state index contributed by atoms with van der Waals surface area (Å²) in [5.74, 6) is 1.83. The smallest absolute Gasteiger partial charge is 0.289 e. The van der Waals surface area contributed by atoms with Crippen LogP contribution in [-0.2, 0) is 10.2 Å². The van der Waals surface area contributed by atoms with Gasteiger partial charge in [-0.15, -0.1) is 0 Å². The van der Waals surface area contributed by atoms with Crippen molar-refractivity contribution in [1.82, 2.24) is 4.90 Å². The van der Waals surface area contributed by atoms with E-state index in [4.69, 9.17) is 9.15 Å². The van der Waals surface area contributed by atoms with Crippen LogP contribution >= 0.6 is 0 Å². The molecule has 0 N–H and O–H groups in total. The molecule has 1 amide bonds. The van der Waals surface area contributed by atoms with Crippen molar-refractivity contribution >= 4 is 11.7 Å². The summed E-state index contributed by atoms with van der Waals surface area (Å²) in [7, 11) is 0. The second-order valence-corrected chi connectivity index (χ2v) is 8.92. The maximum Gasteiger partial charge on any atom is 0.289 e. The maximum absolute atomic E-state index is 12.7. The normalized spacial score (nSPS) is 12.0. The number of hydrogen-bond donors (Lipinski definition) is 0. The van der Waals surface area contributed by atoms with E-state index < -0.39 is 5.41 Å². The molecule has 0 unspecified atom stereocenters. The molecular formula is C26H37NO4. The second kappa shape index (κ2) is 10.2. The Morgan fingerprint density at radius 1 is 0.903 bits per heavy atom. The van der Waals surface area contributed by atoms with E-state index in [1.807, 2.05) is 65.0 Å². The number of hydrogen-bond acceptors (Lipinski definition) is 4. The molecule has 0 radical (unpaired) electrons. The van der Waals surface area contributed by atoms with Gasteiger partial charge in [0, 0.05) is 18.5 Å². The van der Waals surface area contributed by atoms with Crippen molar-refractivity contribution in [2.24, 2.45) is 5.41 Å². The third-order valence-corrected chi connectivity index (χ3v) is 6.16. The molecule has 5 nitrogen and oxygen atoms in total. The maximum atomic E-state index is 12.7. The Balaban J connectivity index is 2.27. The molecule has 5 heteroatoms. The quantitative estimate of drug-likeness (QED) is 0.476. The number of rotatable bonds is 10. The minimum atomic E-state index is -0.418. The highest BCUT2D eigenvalue weighted by atomic mass is 16.5. The standard InChI is InChI=1S/C26H37NO4/c1-8-26(9-2,23-17-16-21(31-23)24(29)27(10-3)11-4)19-12-14-20(15-13-19)30-18-22(28)25(5,6)7/h12-17H,8-11,18H2,1-7H3. The third-order valence-electron chi connectivity index (χ3n) is 6.16. The van der Waals surface area contributed by atoms with Crippen LogP contribution in [-0.4, -0.2) is 36.3 Å². The summed E-state index contributed by atoms with van der Waals surface area (Å²) in [5.41, 5.74) is 0.351. The summed E-state index contributed by atoms with van der Waals surface area (Å²) in [6.45, 7) is 15.2. The van der Waals surface area contributed by atoms with Gasteiger partial charge in [0.05, 0.1) is 5.41 Å². The Morgan fingerprint density at radius 2 is 1.48 bits per heavy atom. The van der Waals surface area contributed by atoms with Crippen LogP contribution in [0.2, 0.25) is 0 Å². The molecule has 0 fully saturated rings. The average Bonchev–Trinajstić information content (AvgIpc) is 3.25. The molecule has 2 aromatic rings. The van der Waals surface area contributed by atoms with E-state index in [2.05, 4.69) is 13.8 Å². The molecule has 0 aliphatic carbocycles. The van der Waals surface area contributed by atoms with Crippen LogP contribution in [0.4, 0.5) is 0 Å². The zero-order valence-corrected chi connectivity index (χ0v) is 20.1. The molecule has 0 aliphatic rings. The van der Waals surface area contributed by atoms with Crippen LogP contribution in [0.25, 0.3) is 0 Å². The Morgan fingerprint density at radius 3 is 1.97 bits per heavy atom. The zero-order chi connectivity index (χ0) is 23.2. The van der Waals surface area contributed by atoms with Gasteiger partial charge in [0.1, 0.15) is 18.1 Å². The fourth-order valence-corrected chi connectivity index (χ4v) is 3.76. The average molecular weight is 428 g/mol. The van der Waals surface area contributed by atoms with Gasteiger partial charge in [0.25, 0.3) is 5.91 Å². The second-order valence-electron chi connectivity index (χ2n) is 8.92. The Labute approximate surface area is 186 Å². The topological polar surface area (TPSA) is 59.8 Å². The van der Waals surface area contributed by atoms with Crippen molar-refractivity contribution < 1.29 is 18.7 Å². The van der Waals surface area contributed by atoms with Gasteiger partial charge >= 0.3 is 0 Å².